The summed E-state index contributed by atoms with van der Waals surface area (Å²) in [4.78, 5) is 40.0. The molecule has 4 aromatic carbocycles. The van der Waals surface area contributed by atoms with E-state index >= 15 is 0 Å². The number of ether oxygens (including phenoxy) is 1. The Kier molecular flexibility index (Phi) is 10.8. The number of benzene rings is 4. The van der Waals surface area contributed by atoms with Gasteiger partial charge in [-0.05, 0) is 74.0 Å². The first kappa shape index (κ1) is 30.4. The molecule has 4 rings (SSSR count). The van der Waals surface area contributed by atoms with Crippen molar-refractivity contribution in [1.82, 2.24) is 5.32 Å². The molecule has 214 valence electrons. The van der Waals surface area contributed by atoms with Gasteiger partial charge in [-0.1, -0.05) is 66.2 Å². The fourth-order valence-corrected chi connectivity index (χ4v) is 5.00. The number of rotatable bonds is 11. The lowest BCUT2D eigenvalue weighted by Crippen LogP contribution is -2.30. The predicted octanol–water partition coefficient (Wildman–Crippen LogP) is 7.27. The Hall–Kier alpha value is -4.53. The molecule has 42 heavy (non-hydrogen) atoms. The summed E-state index contributed by atoms with van der Waals surface area (Å²) < 4.78 is 5.60. The maximum Gasteiger partial charge on any atom is 0.272 e. The molecule has 3 N–H and O–H groups in total. The van der Waals surface area contributed by atoms with Crippen molar-refractivity contribution < 1.29 is 19.1 Å². The van der Waals surface area contributed by atoms with Crippen molar-refractivity contribution in [3.8, 4) is 5.75 Å². The molecule has 7 nitrogen and oxygen atoms in total. The molecule has 1 atom stereocenters. The summed E-state index contributed by atoms with van der Waals surface area (Å²) in [5, 5.41) is 8.48. The smallest absolute Gasteiger partial charge is 0.272 e. The fourth-order valence-electron chi connectivity index (χ4n) is 3.88. The van der Waals surface area contributed by atoms with Gasteiger partial charge in [0.25, 0.3) is 11.8 Å². The zero-order chi connectivity index (χ0) is 29.9. The molecule has 0 saturated carbocycles. The third-order valence-electron chi connectivity index (χ3n) is 5.95. The quantitative estimate of drug-likeness (QED) is 0.124. The summed E-state index contributed by atoms with van der Waals surface area (Å²) in [7, 11) is 0. The number of hydrogen-bond donors (Lipinski definition) is 3. The number of para-hydroxylation sites is 2. The van der Waals surface area contributed by atoms with Gasteiger partial charge >= 0.3 is 0 Å². The molecule has 0 aliphatic rings. The van der Waals surface area contributed by atoms with E-state index in [-0.39, 0.29) is 11.6 Å². The van der Waals surface area contributed by atoms with Crippen LogP contribution in [0.2, 0.25) is 5.02 Å². The molecule has 0 fully saturated rings. The van der Waals surface area contributed by atoms with Crippen LogP contribution in [0.4, 0.5) is 11.4 Å². The third-order valence-corrected chi connectivity index (χ3v) is 7.39. The van der Waals surface area contributed by atoms with Crippen molar-refractivity contribution in [2.75, 3.05) is 17.2 Å². The molecule has 0 spiro atoms. The van der Waals surface area contributed by atoms with Crippen LogP contribution in [0.3, 0.4) is 0 Å². The topological polar surface area (TPSA) is 96.5 Å². The molecule has 9 heteroatoms. The molecule has 0 aromatic heterocycles. The predicted molar refractivity (Wildman–Crippen MR) is 170 cm³/mol. The molecule has 4 aromatic rings. The molecule has 3 amide bonds. The summed E-state index contributed by atoms with van der Waals surface area (Å²) >= 11 is 7.67. The van der Waals surface area contributed by atoms with E-state index in [0.717, 1.165) is 4.90 Å². The number of halogens is 1. The number of carbonyl (C=O) groups excluding carboxylic acids is 3. The van der Waals surface area contributed by atoms with E-state index in [2.05, 4.69) is 16.0 Å². The number of anilines is 2. The maximum absolute atomic E-state index is 13.4. The summed E-state index contributed by atoms with van der Waals surface area (Å²) in [5.74, 6) is -0.538. The third kappa shape index (κ3) is 8.49. The average molecular weight is 600 g/mol. The van der Waals surface area contributed by atoms with E-state index in [1.54, 1.807) is 91.9 Å². The average Bonchev–Trinajstić information content (AvgIpc) is 2.99. The first-order valence-corrected chi connectivity index (χ1v) is 14.5. The molecule has 0 bridgehead atoms. The Morgan fingerprint density at radius 1 is 0.881 bits per heavy atom. The normalized spacial score (nSPS) is 11.7. The molecule has 0 heterocycles. The molecule has 0 saturated heterocycles. The van der Waals surface area contributed by atoms with E-state index in [4.69, 9.17) is 16.3 Å². The van der Waals surface area contributed by atoms with Crippen LogP contribution >= 0.6 is 23.4 Å². The highest BCUT2D eigenvalue weighted by atomic mass is 35.5. The van der Waals surface area contributed by atoms with E-state index in [1.807, 2.05) is 25.1 Å². The summed E-state index contributed by atoms with van der Waals surface area (Å²) in [6, 6.07) is 30.1. The van der Waals surface area contributed by atoms with Crippen molar-refractivity contribution in [3.05, 3.63) is 125 Å². The van der Waals surface area contributed by atoms with Crippen molar-refractivity contribution >= 4 is 58.5 Å². The molecular formula is C33H30ClN3O4S. The zero-order valence-electron chi connectivity index (χ0n) is 23.1. The minimum Gasteiger partial charge on any atom is -0.492 e. The van der Waals surface area contributed by atoms with Gasteiger partial charge in [0.05, 0.1) is 17.5 Å². The van der Waals surface area contributed by atoms with E-state index < -0.39 is 17.1 Å². The van der Waals surface area contributed by atoms with Crippen molar-refractivity contribution in [2.45, 2.75) is 24.0 Å². The van der Waals surface area contributed by atoms with Crippen LogP contribution in [0.5, 0.6) is 5.75 Å². The van der Waals surface area contributed by atoms with Crippen LogP contribution in [-0.4, -0.2) is 29.6 Å². The monoisotopic (exact) mass is 599 g/mol. The lowest BCUT2D eigenvalue weighted by molar-refractivity contribution is -0.115. The van der Waals surface area contributed by atoms with Gasteiger partial charge in [-0.25, -0.2) is 0 Å². The summed E-state index contributed by atoms with van der Waals surface area (Å²) in [6.45, 7) is 4.18. The second kappa shape index (κ2) is 14.9. The SMILES string of the molecule is CCOc1ccccc1NC(=O)C(C)Sc1cccc(NC(=O)/C(=C\c2ccccc2Cl)NC(=O)c2ccccc2)c1. The Morgan fingerprint density at radius 2 is 1.60 bits per heavy atom. The second-order valence-corrected chi connectivity index (χ2v) is 10.9. The standard InChI is InChI=1S/C33H30ClN3O4S/c1-3-41-30-19-10-9-18-28(30)36-31(38)22(2)42-26-16-11-15-25(21-26)35-33(40)29(20-24-14-7-8-17-27(24)34)37-32(39)23-12-5-4-6-13-23/h4-22H,3H2,1-2H3,(H,35,40)(H,36,38)(H,37,39)/b29-20+. The van der Waals surface area contributed by atoms with Crippen LogP contribution in [0.1, 0.15) is 29.8 Å². The van der Waals surface area contributed by atoms with Crippen LogP contribution in [0.25, 0.3) is 6.08 Å². The Bertz CT molecular complexity index is 1590. The van der Waals surface area contributed by atoms with Crippen molar-refractivity contribution in [3.63, 3.8) is 0 Å². The minimum absolute atomic E-state index is 0.0238. The first-order valence-electron chi connectivity index (χ1n) is 13.3. The number of carbonyl (C=O) groups is 3. The molecule has 1 unspecified atom stereocenters. The van der Waals surface area contributed by atoms with Crippen LogP contribution < -0.4 is 20.7 Å². The highest BCUT2D eigenvalue weighted by Crippen LogP contribution is 2.29. The molecule has 0 radical (unpaired) electrons. The van der Waals surface area contributed by atoms with E-state index in [0.29, 0.717) is 39.9 Å². The number of hydrogen-bond acceptors (Lipinski definition) is 5. The van der Waals surface area contributed by atoms with Gasteiger partial charge in [-0.2, -0.15) is 0 Å². The lowest BCUT2D eigenvalue weighted by atomic mass is 10.1. The maximum atomic E-state index is 13.4. The van der Waals surface area contributed by atoms with Gasteiger partial charge < -0.3 is 20.7 Å². The minimum atomic E-state index is -0.528. The Balaban J connectivity index is 1.48. The van der Waals surface area contributed by atoms with Gasteiger partial charge in [0, 0.05) is 21.2 Å². The molecule has 0 aliphatic carbocycles. The van der Waals surface area contributed by atoms with E-state index in [1.165, 1.54) is 17.8 Å². The van der Waals surface area contributed by atoms with Gasteiger partial charge in [0.2, 0.25) is 5.91 Å². The van der Waals surface area contributed by atoms with Crippen LogP contribution in [0, 0.1) is 0 Å². The van der Waals surface area contributed by atoms with Crippen LogP contribution in [0.15, 0.2) is 114 Å². The van der Waals surface area contributed by atoms with Gasteiger partial charge in [0.1, 0.15) is 11.4 Å². The highest BCUT2D eigenvalue weighted by molar-refractivity contribution is 8.00. The Morgan fingerprint density at radius 3 is 2.36 bits per heavy atom. The molecular weight excluding hydrogens is 570 g/mol. The van der Waals surface area contributed by atoms with Gasteiger partial charge in [0.15, 0.2) is 0 Å². The summed E-state index contributed by atoms with van der Waals surface area (Å²) in [6.07, 6.45) is 1.53. The van der Waals surface area contributed by atoms with Gasteiger partial charge in [-0.15, -0.1) is 11.8 Å². The number of thioether (sulfide) groups is 1. The van der Waals surface area contributed by atoms with Crippen molar-refractivity contribution in [2.24, 2.45) is 0 Å². The van der Waals surface area contributed by atoms with Crippen molar-refractivity contribution in [1.29, 1.82) is 0 Å². The Labute approximate surface area is 254 Å². The zero-order valence-corrected chi connectivity index (χ0v) is 24.7. The highest BCUT2D eigenvalue weighted by Gasteiger charge is 2.18. The number of amides is 3. The van der Waals surface area contributed by atoms with Crippen LogP contribution in [-0.2, 0) is 9.59 Å². The number of nitrogens with one attached hydrogen (secondary N) is 3. The molecule has 0 aliphatic heterocycles. The second-order valence-electron chi connectivity index (χ2n) is 9.06. The summed E-state index contributed by atoms with van der Waals surface area (Å²) in [5.41, 5.74) is 2.11. The lowest BCUT2D eigenvalue weighted by Gasteiger charge is -2.15. The first-order chi connectivity index (χ1) is 20.3. The largest absolute Gasteiger partial charge is 0.492 e. The van der Waals surface area contributed by atoms with Gasteiger partial charge in [-0.3, -0.25) is 14.4 Å². The van der Waals surface area contributed by atoms with E-state index in [9.17, 15) is 14.4 Å². The fraction of sp³-hybridized carbons (Fsp3) is 0.121.